The van der Waals surface area contributed by atoms with E-state index in [1.165, 1.54) is 0 Å². The van der Waals surface area contributed by atoms with Crippen molar-refractivity contribution in [3.63, 3.8) is 0 Å². The van der Waals surface area contributed by atoms with Crippen LogP contribution in [0, 0.1) is 0 Å². The number of esters is 1. The van der Waals surface area contributed by atoms with E-state index in [0.717, 1.165) is 11.1 Å². The van der Waals surface area contributed by atoms with Crippen LogP contribution in [-0.2, 0) is 9.53 Å². The molecule has 162 valence electrons. The number of benzene rings is 2. The molecule has 0 radical (unpaired) electrons. The fraction of sp³-hybridized carbons (Fsp3) is 0.435. The molecular formula is C23H27F3N2O2. The Morgan fingerprint density at radius 1 is 1.03 bits per heavy atom. The second kappa shape index (κ2) is 9.62. The number of halogens is 3. The molecule has 2 aromatic rings. The van der Waals surface area contributed by atoms with Gasteiger partial charge < -0.3 is 15.4 Å². The monoisotopic (exact) mass is 420 g/mol. The summed E-state index contributed by atoms with van der Waals surface area (Å²) in [4.78, 5) is 11.9. The standard InChI is InChI=1S/C23H27F3N2O2/c1-2-30-20(29)16-27-19(15-28-22(13-14-22)23(24,25)26)21(17-9-5-3-6-10-17)18-11-7-4-8-12-18/h3-12,19,21,27-28H,2,13-16H2,1H3. The molecule has 1 saturated carbocycles. The SMILES string of the molecule is CCOC(=O)CNC(CNC1(C(F)(F)F)CC1)C(c1ccccc1)c1ccccc1. The zero-order chi connectivity index (χ0) is 21.6. The third-order valence-corrected chi connectivity index (χ3v) is 5.49. The molecule has 0 heterocycles. The number of alkyl halides is 3. The van der Waals surface area contributed by atoms with E-state index in [-0.39, 0.29) is 38.5 Å². The van der Waals surface area contributed by atoms with Crippen molar-refractivity contribution in [2.45, 2.75) is 43.4 Å². The van der Waals surface area contributed by atoms with Crippen molar-refractivity contribution in [3.8, 4) is 0 Å². The van der Waals surface area contributed by atoms with Crippen molar-refractivity contribution < 1.29 is 22.7 Å². The average Bonchev–Trinajstić information content (AvgIpc) is 3.53. The van der Waals surface area contributed by atoms with Crippen LogP contribution in [-0.4, -0.2) is 43.4 Å². The second-order valence-corrected chi connectivity index (χ2v) is 7.55. The summed E-state index contributed by atoms with van der Waals surface area (Å²) in [6, 6.07) is 18.8. The van der Waals surface area contributed by atoms with Crippen LogP contribution in [0.2, 0.25) is 0 Å². The molecule has 1 atom stereocenters. The molecule has 2 aromatic carbocycles. The highest BCUT2D eigenvalue weighted by molar-refractivity contribution is 5.71. The van der Waals surface area contributed by atoms with E-state index in [0.29, 0.717) is 0 Å². The van der Waals surface area contributed by atoms with Crippen LogP contribution in [0.25, 0.3) is 0 Å². The molecule has 3 rings (SSSR count). The summed E-state index contributed by atoms with van der Waals surface area (Å²) in [5, 5.41) is 5.90. The van der Waals surface area contributed by atoms with Gasteiger partial charge in [-0.2, -0.15) is 13.2 Å². The number of carbonyl (C=O) groups excluding carboxylic acids is 1. The van der Waals surface area contributed by atoms with Crippen molar-refractivity contribution in [2.75, 3.05) is 19.7 Å². The third-order valence-electron chi connectivity index (χ3n) is 5.49. The fourth-order valence-electron chi connectivity index (χ4n) is 3.70. The van der Waals surface area contributed by atoms with E-state index in [1.54, 1.807) is 6.92 Å². The Hall–Kier alpha value is -2.38. The van der Waals surface area contributed by atoms with Crippen LogP contribution in [0.5, 0.6) is 0 Å². The normalized spacial score (nSPS) is 16.3. The molecule has 1 aliphatic carbocycles. The van der Waals surface area contributed by atoms with E-state index in [9.17, 15) is 18.0 Å². The van der Waals surface area contributed by atoms with Gasteiger partial charge in [0.25, 0.3) is 0 Å². The molecule has 4 nitrogen and oxygen atoms in total. The summed E-state index contributed by atoms with van der Waals surface area (Å²) in [7, 11) is 0. The highest BCUT2D eigenvalue weighted by Gasteiger charge is 2.63. The lowest BCUT2D eigenvalue weighted by Crippen LogP contribution is -2.52. The topological polar surface area (TPSA) is 50.4 Å². The van der Waals surface area contributed by atoms with Gasteiger partial charge in [-0.15, -0.1) is 0 Å². The van der Waals surface area contributed by atoms with Gasteiger partial charge in [0.1, 0.15) is 5.54 Å². The van der Waals surface area contributed by atoms with E-state index < -0.39 is 23.7 Å². The predicted molar refractivity (Wildman–Crippen MR) is 109 cm³/mol. The molecule has 30 heavy (non-hydrogen) atoms. The largest absolute Gasteiger partial charge is 0.465 e. The van der Waals surface area contributed by atoms with E-state index >= 15 is 0 Å². The summed E-state index contributed by atoms with van der Waals surface area (Å²) in [6.45, 7) is 1.96. The van der Waals surface area contributed by atoms with Gasteiger partial charge in [0.2, 0.25) is 0 Å². The van der Waals surface area contributed by atoms with Crippen molar-refractivity contribution in [2.24, 2.45) is 0 Å². The number of ether oxygens (including phenoxy) is 1. The minimum atomic E-state index is -4.30. The van der Waals surface area contributed by atoms with Crippen LogP contribution < -0.4 is 10.6 Å². The predicted octanol–water partition coefficient (Wildman–Crippen LogP) is 4.02. The number of hydrogen-bond acceptors (Lipinski definition) is 4. The summed E-state index contributed by atoms with van der Waals surface area (Å²) >= 11 is 0. The Kier molecular flexibility index (Phi) is 7.15. The molecule has 0 aromatic heterocycles. The summed E-state index contributed by atoms with van der Waals surface area (Å²) < 4.78 is 45.3. The highest BCUT2D eigenvalue weighted by Crippen LogP contribution is 2.49. The molecule has 2 N–H and O–H groups in total. The molecule has 0 aliphatic heterocycles. The van der Waals surface area contributed by atoms with Gasteiger partial charge in [0, 0.05) is 18.5 Å². The van der Waals surface area contributed by atoms with Gasteiger partial charge >= 0.3 is 12.1 Å². The van der Waals surface area contributed by atoms with Crippen molar-refractivity contribution in [3.05, 3.63) is 71.8 Å². The van der Waals surface area contributed by atoms with Gasteiger partial charge in [-0.25, -0.2) is 0 Å². The Morgan fingerprint density at radius 2 is 1.57 bits per heavy atom. The minimum Gasteiger partial charge on any atom is -0.465 e. The van der Waals surface area contributed by atoms with Crippen LogP contribution in [0.1, 0.15) is 36.8 Å². The quantitative estimate of drug-likeness (QED) is 0.570. The lowest BCUT2D eigenvalue weighted by atomic mass is 9.84. The summed E-state index contributed by atoms with van der Waals surface area (Å²) in [5.74, 6) is -0.669. The van der Waals surface area contributed by atoms with Crippen LogP contribution in [0.15, 0.2) is 60.7 Å². The Morgan fingerprint density at radius 3 is 2.00 bits per heavy atom. The third kappa shape index (κ3) is 5.40. The van der Waals surface area contributed by atoms with Gasteiger partial charge in [-0.3, -0.25) is 4.79 Å². The van der Waals surface area contributed by atoms with Crippen LogP contribution >= 0.6 is 0 Å². The van der Waals surface area contributed by atoms with E-state index in [1.807, 2.05) is 60.7 Å². The maximum atomic E-state index is 13.5. The lowest BCUT2D eigenvalue weighted by molar-refractivity contribution is -0.166. The average molecular weight is 420 g/mol. The Labute approximate surface area is 174 Å². The van der Waals surface area contributed by atoms with Crippen molar-refractivity contribution in [1.29, 1.82) is 0 Å². The summed E-state index contributed by atoms with van der Waals surface area (Å²) in [5.41, 5.74) is 0.0989. The zero-order valence-electron chi connectivity index (χ0n) is 16.9. The lowest BCUT2D eigenvalue weighted by Gasteiger charge is -2.31. The molecule has 0 saturated heterocycles. The molecule has 0 amide bonds. The number of rotatable bonds is 10. The second-order valence-electron chi connectivity index (χ2n) is 7.55. The van der Waals surface area contributed by atoms with Crippen LogP contribution in [0.4, 0.5) is 13.2 Å². The smallest absolute Gasteiger partial charge is 0.406 e. The minimum absolute atomic E-state index is 0.0629. The van der Waals surface area contributed by atoms with Gasteiger partial charge in [0.15, 0.2) is 0 Å². The zero-order valence-corrected chi connectivity index (χ0v) is 16.9. The van der Waals surface area contributed by atoms with Crippen LogP contribution in [0.3, 0.4) is 0 Å². The van der Waals surface area contributed by atoms with Gasteiger partial charge in [-0.05, 0) is 30.9 Å². The van der Waals surface area contributed by atoms with E-state index in [4.69, 9.17) is 4.74 Å². The first-order valence-corrected chi connectivity index (χ1v) is 10.2. The molecular weight excluding hydrogens is 393 g/mol. The van der Waals surface area contributed by atoms with Gasteiger partial charge in [0.05, 0.1) is 13.2 Å². The number of nitrogens with one attached hydrogen (secondary N) is 2. The first-order chi connectivity index (χ1) is 14.4. The summed E-state index contributed by atoms with van der Waals surface area (Å²) in [6.07, 6.45) is -4.15. The molecule has 1 aliphatic rings. The Bertz CT molecular complexity index is 769. The molecule has 1 fully saturated rings. The Balaban J connectivity index is 1.87. The fourth-order valence-corrected chi connectivity index (χ4v) is 3.70. The maximum Gasteiger partial charge on any atom is 0.406 e. The number of carbonyl (C=O) groups is 1. The highest BCUT2D eigenvalue weighted by atomic mass is 19.4. The first kappa shape index (κ1) is 22.3. The van der Waals surface area contributed by atoms with Crippen molar-refractivity contribution >= 4 is 5.97 Å². The maximum absolute atomic E-state index is 13.5. The van der Waals surface area contributed by atoms with Crippen molar-refractivity contribution in [1.82, 2.24) is 10.6 Å². The molecule has 7 heteroatoms. The molecule has 1 unspecified atom stereocenters. The molecule has 0 spiro atoms. The van der Waals surface area contributed by atoms with Gasteiger partial charge in [-0.1, -0.05) is 60.7 Å². The first-order valence-electron chi connectivity index (χ1n) is 10.2. The molecule has 0 bridgehead atoms. The van der Waals surface area contributed by atoms with E-state index in [2.05, 4.69) is 10.6 Å². The number of hydrogen-bond donors (Lipinski definition) is 2.